The maximum Gasteiger partial charge on any atom is 0.202 e. The number of rotatable bonds is 3. The smallest absolute Gasteiger partial charge is 0.202 e. The van der Waals surface area contributed by atoms with E-state index in [1.165, 1.54) is 18.2 Å². The summed E-state index contributed by atoms with van der Waals surface area (Å²) in [7, 11) is 0. The molecule has 7 atom stereocenters. The number of benzene rings is 2. The third kappa shape index (κ3) is 3.65. The van der Waals surface area contributed by atoms with Crippen molar-refractivity contribution in [3.05, 3.63) is 51.6 Å². The third-order valence-electron chi connectivity index (χ3n) is 7.81. The molecule has 0 aromatic heterocycles. The van der Waals surface area contributed by atoms with E-state index in [4.69, 9.17) is 15.2 Å². The molecule has 1 saturated heterocycles. The van der Waals surface area contributed by atoms with Gasteiger partial charge in [-0.15, -0.1) is 0 Å². The SMILES string of the molecule is CCC1(O)CC(O[C@H]2C[C@H](N)[C@H](O)[C@H](C)O2)c2c(O)c3c(c(O)c2C1O)C(=O)c1cccc(O)c1C3=O. The zero-order valence-electron chi connectivity index (χ0n) is 20.2. The van der Waals surface area contributed by atoms with Crippen LogP contribution in [0.1, 0.15) is 88.3 Å². The average molecular weight is 516 g/mol. The lowest BCUT2D eigenvalue weighted by Crippen LogP contribution is -2.52. The second kappa shape index (κ2) is 8.76. The zero-order chi connectivity index (χ0) is 27.0. The van der Waals surface area contributed by atoms with Crippen LogP contribution in [0.15, 0.2) is 18.2 Å². The first-order chi connectivity index (χ1) is 17.4. The van der Waals surface area contributed by atoms with Crippen molar-refractivity contribution in [3.63, 3.8) is 0 Å². The summed E-state index contributed by atoms with van der Waals surface area (Å²) >= 11 is 0. The van der Waals surface area contributed by atoms with E-state index >= 15 is 0 Å². The normalized spacial score (nSPS) is 33.0. The molecular weight excluding hydrogens is 486 g/mol. The number of ketones is 2. The molecule has 2 aromatic carbocycles. The molecule has 0 amide bonds. The number of fused-ring (bicyclic) bond motifs is 3. The summed E-state index contributed by atoms with van der Waals surface area (Å²) in [5.41, 5.74) is 2.09. The van der Waals surface area contributed by atoms with Gasteiger partial charge in [0.25, 0.3) is 0 Å². The number of carbonyl (C=O) groups excluding carboxylic acids is 2. The predicted octanol–water partition coefficient (Wildman–Crippen LogP) is 1.04. The van der Waals surface area contributed by atoms with Gasteiger partial charge in [0.15, 0.2) is 12.1 Å². The first-order valence-corrected chi connectivity index (χ1v) is 12.1. The molecule has 11 nitrogen and oxygen atoms in total. The van der Waals surface area contributed by atoms with E-state index in [9.17, 15) is 40.2 Å². The average Bonchev–Trinajstić information content (AvgIpc) is 2.85. The minimum absolute atomic E-state index is 0.0223. The van der Waals surface area contributed by atoms with E-state index in [1.807, 2.05) is 0 Å². The van der Waals surface area contributed by atoms with Crippen LogP contribution in [-0.2, 0) is 9.47 Å². The van der Waals surface area contributed by atoms with Gasteiger partial charge in [-0.1, -0.05) is 19.1 Å². The van der Waals surface area contributed by atoms with Crippen molar-refractivity contribution >= 4 is 11.6 Å². The summed E-state index contributed by atoms with van der Waals surface area (Å²) in [4.78, 5) is 26.7. The van der Waals surface area contributed by atoms with Gasteiger partial charge in [-0.3, -0.25) is 9.59 Å². The number of aliphatic hydroxyl groups excluding tert-OH is 2. The molecule has 37 heavy (non-hydrogen) atoms. The van der Waals surface area contributed by atoms with Crippen LogP contribution in [0, 0.1) is 0 Å². The molecule has 198 valence electrons. The Hall–Kier alpha value is -3.06. The number of aromatic hydroxyl groups is 3. The highest BCUT2D eigenvalue weighted by Gasteiger charge is 2.51. The Morgan fingerprint density at radius 2 is 1.70 bits per heavy atom. The standard InChI is InChI=1S/C26H29NO10/c1-3-26(35)8-13(37-14-7-11(27)20(29)9(2)36-14)16-19(25(26)34)24(33)17-18(23(16)32)22(31)15-10(21(17)30)5-4-6-12(15)28/h4-6,9,11,13-14,20,25,28-29,32-35H,3,7-8,27H2,1-2H3/t9-,11-,13?,14-,20+,25?,26?/m0/s1. The highest BCUT2D eigenvalue weighted by atomic mass is 16.7. The van der Waals surface area contributed by atoms with Crippen LogP contribution >= 0.6 is 0 Å². The molecule has 8 N–H and O–H groups in total. The van der Waals surface area contributed by atoms with Crippen molar-refractivity contribution in [2.24, 2.45) is 5.73 Å². The van der Waals surface area contributed by atoms with Gasteiger partial charge in [0.1, 0.15) is 23.4 Å². The summed E-state index contributed by atoms with van der Waals surface area (Å²) in [6.45, 7) is 3.22. The van der Waals surface area contributed by atoms with E-state index in [0.717, 1.165) is 0 Å². The molecule has 0 radical (unpaired) electrons. The number of hydrogen-bond acceptors (Lipinski definition) is 11. The lowest BCUT2D eigenvalue weighted by atomic mass is 9.70. The largest absolute Gasteiger partial charge is 0.507 e. The number of hydrogen-bond donors (Lipinski definition) is 7. The fraction of sp³-hybridized carbons (Fsp3) is 0.462. The molecule has 3 aliphatic rings. The molecule has 3 unspecified atom stereocenters. The first-order valence-electron chi connectivity index (χ1n) is 12.1. The molecule has 2 aromatic rings. The van der Waals surface area contributed by atoms with Crippen LogP contribution in [-0.4, -0.2) is 72.3 Å². The quantitative estimate of drug-likeness (QED) is 0.246. The van der Waals surface area contributed by atoms with Crippen LogP contribution in [0.3, 0.4) is 0 Å². The highest BCUT2D eigenvalue weighted by Crippen LogP contribution is 2.56. The maximum atomic E-state index is 13.4. The van der Waals surface area contributed by atoms with Crippen molar-refractivity contribution in [1.29, 1.82) is 0 Å². The molecule has 1 heterocycles. The van der Waals surface area contributed by atoms with Crippen LogP contribution < -0.4 is 5.73 Å². The topological polar surface area (TPSA) is 200 Å². The molecule has 5 rings (SSSR count). The third-order valence-corrected chi connectivity index (χ3v) is 7.81. The van der Waals surface area contributed by atoms with Gasteiger partial charge >= 0.3 is 0 Å². The molecule has 11 heteroatoms. The number of carbonyl (C=O) groups is 2. The van der Waals surface area contributed by atoms with Crippen LogP contribution in [0.5, 0.6) is 17.2 Å². The van der Waals surface area contributed by atoms with Gasteiger partial charge in [-0.25, -0.2) is 0 Å². The van der Waals surface area contributed by atoms with Crippen molar-refractivity contribution in [2.45, 2.75) is 75.5 Å². The molecule has 0 bridgehead atoms. The minimum Gasteiger partial charge on any atom is -0.507 e. The summed E-state index contributed by atoms with van der Waals surface area (Å²) < 4.78 is 11.8. The lowest BCUT2D eigenvalue weighted by molar-refractivity contribution is -0.252. The van der Waals surface area contributed by atoms with E-state index in [1.54, 1.807) is 13.8 Å². The van der Waals surface area contributed by atoms with Crippen LogP contribution in [0.4, 0.5) is 0 Å². The number of aliphatic hydroxyl groups is 3. The second-order valence-electron chi connectivity index (χ2n) is 9.98. The van der Waals surface area contributed by atoms with Gasteiger partial charge in [0.2, 0.25) is 5.78 Å². The Morgan fingerprint density at radius 3 is 2.35 bits per heavy atom. The molecule has 0 saturated carbocycles. The number of nitrogens with two attached hydrogens (primary N) is 1. The predicted molar refractivity (Wildman–Crippen MR) is 126 cm³/mol. The summed E-state index contributed by atoms with van der Waals surface area (Å²) in [6, 6.07) is 3.20. The number of ether oxygens (including phenoxy) is 2. The van der Waals surface area contributed by atoms with Gasteiger partial charge in [0, 0.05) is 35.6 Å². The molecule has 1 fully saturated rings. The highest BCUT2D eigenvalue weighted by molar-refractivity contribution is 6.31. The Bertz CT molecular complexity index is 1300. The van der Waals surface area contributed by atoms with Crippen LogP contribution in [0.25, 0.3) is 0 Å². The summed E-state index contributed by atoms with van der Waals surface area (Å²) in [5, 5.41) is 65.4. The Kier molecular flexibility index (Phi) is 6.06. The van der Waals surface area contributed by atoms with Crippen molar-refractivity contribution < 1.29 is 49.7 Å². The van der Waals surface area contributed by atoms with Crippen molar-refractivity contribution in [1.82, 2.24) is 0 Å². The Labute approximate surface area is 211 Å². The van der Waals surface area contributed by atoms with E-state index < -0.39 is 82.3 Å². The lowest BCUT2D eigenvalue weighted by Gasteiger charge is -2.44. The Balaban J connectivity index is 1.69. The molecule has 0 spiro atoms. The second-order valence-corrected chi connectivity index (χ2v) is 9.98. The van der Waals surface area contributed by atoms with E-state index in [-0.39, 0.29) is 41.5 Å². The molecular formula is C26H29NO10. The minimum atomic E-state index is -1.82. The van der Waals surface area contributed by atoms with Gasteiger partial charge in [0.05, 0.1) is 40.6 Å². The maximum absolute atomic E-state index is 13.4. The van der Waals surface area contributed by atoms with E-state index in [0.29, 0.717) is 0 Å². The van der Waals surface area contributed by atoms with Gasteiger partial charge < -0.3 is 45.8 Å². The number of phenolic OH excluding ortho intramolecular Hbond substituents is 3. The Morgan fingerprint density at radius 1 is 1.05 bits per heavy atom. The van der Waals surface area contributed by atoms with Gasteiger partial charge in [-0.2, -0.15) is 0 Å². The zero-order valence-corrected chi connectivity index (χ0v) is 20.2. The van der Waals surface area contributed by atoms with Gasteiger partial charge in [-0.05, 0) is 19.4 Å². The van der Waals surface area contributed by atoms with E-state index in [2.05, 4.69) is 0 Å². The van der Waals surface area contributed by atoms with Crippen molar-refractivity contribution in [3.8, 4) is 17.2 Å². The summed E-state index contributed by atoms with van der Waals surface area (Å²) in [5.74, 6) is -3.69. The first kappa shape index (κ1) is 25.6. The monoisotopic (exact) mass is 515 g/mol. The van der Waals surface area contributed by atoms with Crippen LogP contribution in [0.2, 0.25) is 0 Å². The summed E-state index contributed by atoms with van der Waals surface area (Å²) in [6.07, 6.45) is -5.69. The fourth-order valence-corrected chi connectivity index (χ4v) is 5.65. The fourth-order valence-electron chi connectivity index (χ4n) is 5.65. The molecule has 1 aliphatic heterocycles. The number of phenols is 3. The van der Waals surface area contributed by atoms with Crippen molar-refractivity contribution in [2.75, 3.05) is 0 Å². The molecule has 2 aliphatic carbocycles.